The van der Waals surface area contributed by atoms with Gasteiger partial charge in [-0.05, 0) is 54.2 Å². The number of hydrogen-bond donors (Lipinski definition) is 1. The lowest BCUT2D eigenvalue weighted by Gasteiger charge is -2.18. The minimum Gasteiger partial charge on any atom is -0.339 e. The van der Waals surface area contributed by atoms with E-state index in [1.54, 1.807) is 64.3 Å². The Kier molecular flexibility index (Phi) is 7.83. The molecule has 1 N–H and O–H groups in total. The van der Waals surface area contributed by atoms with Gasteiger partial charge < -0.3 is 10.2 Å². The molecule has 156 valence electrons. The van der Waals surface area contributed by atoms with Crippen molar-refractivity contribution < 1.29 is 18.0 Å². The van der Waals surface area contributed by atoms with E-state index in [1.807, 2.05) is 0 Å². The van der Waals surface area contributed by atoms with Gasteiger partial charge in [0, 0.05) is 43.3 Å². The topological polar surface area (TPSA) is 86.8 Å². The van der Waals surface area contributed by atoms with Crippen molar-refractivity contribution in [2.75, 3.05) is 32.5 Å². The Labute approximate surface area is 176 Å². The molecule has 0 aromatic heterocycles. The molecule has 0 spiro atoms. The van der Waals surface area contributed by atoms with E-state index in [0.29, 0.717) is 18.8 Å². The Hall–Kier alpha value is -2.36. The standard InChI is InChI=1S/C20H25N3O4S2/c1-5-23(6-2)29(26,27)18-9-7-8-15(14-18)19(24)21-16-10-12-17(13-11-16)28-20(25)22(3)4/h7-14H,5-6H2,1-4H3,(H,21,24). The van der Waals surface area contributed by atoms with Crippen LogP contribution in [0, 0.1) is 0 Å². The second-order valence-corrected chi connectivity index (χ2v) is 9.32. The first kappa shape index (κ1) is 22.9. The monoisotopic (exact) mass is 435 g/mol. The van der Waals surface area contributed by atoms with Gasteiger partial charge in [0.15, 0.2) is 0 Å². The molecule has 0 saturated carbocycles. The number of benzene rings is 2. The number of thioether (sulfide) groups is 1. The molecule has 0 aliphatic heterocycles. The molecule has 0 aliphatic carbocycles. The van der Waals surface area contributed by atoms with Gasteiger partial charge in [0.05, 0.1) is 4.90 Å². The van der Waals surface area contributed by atoms with Gasteiger partial charge in [0.1, 0.15) is 0 Å². The fourth-order valence-corrected chi connectivity index (χ4v) is 4.67. The molecule has 0 aliphatic rings. The summed E-state index contributed by atoms with van der Waals surface area (Å²) in [6, 6.07) is 12.8. The van der Waals surface area contributed by atoms with Crippen LogP contribution < -0.4 is 5.32 Å². The van der Waals surface area contributed by atoms with Crippen molar-refractivity contribution in [3.05, 3.63) is 54.1 Å². The molecule has 0 bridgehead atoms. The van der Waals surface area contributed by atoms with Gasteiger partial charge >= 0.3 is 0 Å². The van der Waals surface area contributed by atoms with Crippen molar-refractivity contribution in [2.24, 2.45) is 0 Å². The summed E-state index contributed by atoms with van der Waals surface area (Å²) in [5.41, 5.74) is 0.799. The average Bonchev–Trinajstić information content (AvgIpc) is 2.70. The third-order valence-corrected chi connectivity index (χ3v) is 7.22. The van der Waals surface area contributed by atoms with Crippen molar-refractivity contribution in [3.8, 4) is 0 Å². The zero-order chi connectivity index (χ0) is 21.6. The minimum absolute atomic E-state index is 0.0859. The number of sulfonamides is 1. The predicted molar refractivity (Wildman–Crippen MR) is 116 cm³/mol. The van der Waals surface area contributed by atoms with Gasteiger partial charge in [-0.15, -0.1) is 0 Å². The van der Waals surface area contributed by atoms with Crippen LogP contribution in [-0.4, -0.2) is 56.0 Å². The minimum atomic E-state index is -3.64. The largest absolute Gasteiger partial charge is 0.339 e. The lowest BCUT2D eigenvalue weighted by atomic mass is 10.2. The molecule has 0 saturated heterocycles. The Morgan fingerprint density at radius 2 is 1.62 bits per heavy atom. The summed E-state index contributed by atoms with van der Waals surface area (Å²) >= 11 is 1.09. The van der Waals surface area contributed by atoms with E-state index in [0.717, 1.165) is 16.7 Å². The molecule has 9 heteroatoms. The number of nitrogens with one attached hydrogen (secondary N) is 1. The quantitative estimate of drug-likeness (QED) is 0.670. The van der Waals surface area contributed by atoms with E-state index >= 15 is 0 Å². The maximum atomic E-state index is 12.7. The lowest BCUT2D eigenvalue weighted by molar-refractivity contribution is 0.102. The highest BCUT2D eigenvalue weighted by atomic mass is 32.2. The van der Waals surface area contributed by atoms with Gasteiger partial charge in [-0.3, -0.25) is 9.59 Å². The number of carbonyl (C=O) groups is 2. The number of rotatable bonds is 7. The van der Waals surface area contributed by atoms with E-state index < -0.39 is 15.9 Å². The predicted octanol–water partition coefficient (Wildman–Crippen LogP) is 3.74. The molecule has 0 heterocycles. The van der Waals surface area contributed by atoms with Gasteiger partial charge in [-0.2, -0.15) is 4.31 Å². The molecule has 0 radical (unpaired) electrons. The lowest BCUT2D eigenvalue weighted by Crippen LogP contribution is -2.30. The smallest absolute Gasteiger partial charge is 0.285 e. The van der Waals surface area contributed by atoms with Gasteiger partial charge in [0.25, 0.3) is 11.1 Å². The Morgan fingerprint density at radius 1 is 1.00 bits per heavy atom. The third kappa shape index (κ3) is 5.81. The fraction of sp³-hybridized carbons (Fsp3) is 0.300. The van der Waals surface area contributed by atoms with Crippen molar-refractivity contribution in [3.63, 3.8) is 0 Å². The van der Waals surface area contributed by atoms with E-state index in [-0.39, 0.29) is 15.7 Å². The van der Waals surface area contributed by atoms with Crippen LogP contribution in [0.1, 0.15) is 24.2 Å². The fourth-order valence-electron chi connectivity index (χ4n) is 2.51. The van der Waals surface area contributed by atoms with E-state index in [4.69, 9.17) is 0 Å². The SMILES string of the molecule is CCN(CC)S(=O)(=O)c1cccc(C(=O)Nc2ccc(SC(=O)N(C)C)cc2)c1. The Balaban J connectivity index is 2.15. The van der Waals surface area contributed by atoms with Crippen LogP contribution in [-0.2, 0) is 10.0 Å². The summed E-state index contributed by atoms with van der Waals surface area (Å²) in [4.78, 5) is 26.6. The van der Waals surface area contributed by atoms with E-state index in [9.17, 15) is 18.0 Å². The van der Waals surface area contributed by atoms with Crippen LogP contribution in [0.5, 0.6) is 0 Å². The summed E-state index contributed by atoms with van der Waals surface area (Å²) in [5.74, 6) is -0.411. The molecule has 7 nitrogen and oxygen atoms in total. The highest BCUT2D eigenvalue weighted by Gasteiger charge is 2.22. The second-order valence-electron chi connectivity index (χ2n) is 6.36. The third-order valence-electron chi connectivity index (χ3n) is 4.12. The summed E-state index contributed by atoms with van der Waals surface area (Å²) in [6.45, 7) is 4.25. The highest BCUT2D eigenvalue weighted by molar-refractivity contribution is 8.13. The molecule has 2 aromatic rings. The van der Waals surface area contributed by atoms with Crippen LogP contribution in [0.15, 0.2) is 58.3 Å². The first-order valence-electron chi connectivity index (χ1n) is 9.09. The summed E-state index contributed by atoms with van der Waals surface area (Å²) in [6.07, 6.45) is 0. The molecule has 29 heavy (non-hydrogen) atoms. The molecular formula is C20H25N3O4S2. The molecule has 2 aromatic carbocycles. The van der Waals surface area contributed by atoms with Crippen LogP contribution in [0.4, 0.5) is 10.5 Å². The van der Waals surface area contributed by atoms with Gasteiger partial charge in [-0.1, -0.05) is 19.9 Å². The maximum absolute atomic E-state index is 12.7. The number of anilines is 1. The second kappa shape index (κ2) is 9.91. The van der Waals surface area contributed by atoms with Crippen LogP contribution >= 0.6 is 11.8 Å². The normalized spacial score (nSPS) is 11.3. The average molecular weight is 436 g/mol. The highest BCUT2D eigenvalue weighted by Crippen LogP contribution is 2.23. The molecule has 2 amide bonds. The summed E-state index contributed by atoms with van der Waals surface area (Å²) in [5, 5.41) is 2.66. The van der Waals surface area contributed by atoms with Gasteiger partial charge in [-0.25, -0.2) is 8.42 Å². The molecular weight excluding hydrogens is 410 g/mol. The van der Waals surface area contributed by atoms with Crippen molar-refractivity contribution in [2.45, 2.75) is 23.6 Å². The summed E-state index contributed by atoms with van der Waals surface area (Å²) < 4.78 is 26.7. The van der Waals surface area contributed by atoms with Gasteiger partial charge in [0.2, 0.25) is 10.0 Å². The van der Waals surface area contributed by atoms with Crippen molar-refractivity contribution in [1.82, 2.24) is 9.21 Å². The molecule has 2 rings (SSSR count). The molecule has 0 unspecified atom stereocenters. The maximum Gasteiger partial charge on any atom is 0.285 e. The molecule has 0 atom stereocenters. The summed E-state index contributed by atoms with van der Waals surface area (Å²) in [7, 11) is -0.282. The number of carbonyl (C=O) groups excluding carboxylic acids is 2. The van der Waals surface area contributed by atoms with E-state index in [2.05, 4.69) is 5.32 Å². The van der Waals surface area contributed by atoms with E-state index in [1.165, 1.54) is 21.3 Å². The van der Waals surface area contributed by atoms with Crippen LogP contribution in [0.25, 0.3) is 0 Å². The first-order chi connectivity index (χ1) is 13.7. The molecule has 0 fully saturated rings. The number of amides is 2. The number of hydrogen-bond acceptors (Lipinski definition) is 5. The first-order valence-corrected chi connectivity index (χ1v) is 11.4. The van der Waals surface area contributed by atoms with Crippen LogP contribution in [0.3, 0.4) is 0 Å². The van der Waals surface area contributed by atoms with Crippen molar-refractivity contribution in [1.29, 1.82) is 0 Å². The van der Waals surface area contributed by atoms with Crippen molar-refractivity contribution >= 4 is 38.6 Å². The van der Waals surface area contributed by atoms with Crippen LogP contribution in [0.2, 0.25) is 0 Å². The zero-order valence-electron chi connectivity index (χ0n) is 16.9. The Bertz CT molecular complexity index is 969. The zero-order valence-corrected chi connectivity index (χ0v) is 18.5. The Morgan fingerprint density at radius 3 is 2.17 bits per heavy atom. The number of nitrogens with zero attached hydrogens (tertiary/aromatic N) is 2.